The molecule has 6 heteroatoms. The third kappa shape index (κ3) is 4.37. The normalized spacial score (nSPS) is 11.8. The van der Waals surface area contributed by atoms with Gasteiger partial charge in [0, 0.05) is 6.61 Å². The molecule has 0 heterocycles. The zero-order chi connectivity index (χ0) is 15.9. The molecule has 0 radical (unpaired) electrons. The van der Waals surface area contributed by atoms with Crippen molar-refractivity contribution in [3.63, 3.8) is 0 Å². The number of aliphatic hydroxyl groups is 1. The van der Waals surface area contributed by atoms with Crippen LogP contribution >= 0.6 is 23.2 Å². The molecule has 3 N–H and O–H groups in total. The number of hydrogen-bond acceptors (Lipinski definition) is 2. The fourth-order valence-electron chi connectivity index (χ4n) is 2.05. The van der Waals surface area contributed by atoms with Crippen molar-refractivity contribution in [2.75, 3.05) is 11.9 Å². The number of urea groups is 1. The van der Waals surface area contributed by atoms with Gasteiger partial charge in [-0.2, -0.15) is 0 Å². The summed E-state index contributed by atoms with van der Waals surface area (Å²) in [6.45, 7) is -0.0300. The van der Waals surface area contributed by atoms with Crippen LogP contribution in [0.2, 0.25) is 10.0 Å². The zero-order valence-electron chi connectivity index (χ0n) is 11.7. The lowest BCUT2D eigenvalue weighted by molar-refractivity contribution is 0.239. The SMILES string of the molecule is O=C(Nc1cccc(Cl)c1Cl)N[C@H](CCO)c1ccccc1. The largest absolute Gasteiger partial charge is 0.396 e. The summed E-state index contributed by atoms with van der Waals surface area (Å²) in [5.41, 5.74) is 1.35. The highest BCUT2D eigenvalue weighted by Crippen LogP contribution is 2.29. The zero-order valence-corrected chi connectivity index (χ0v) is 13.2. The minimum atomic E-state index is -0.411. The van der Waals surface area contributed by atoms with Crippen molar-refractivity contribution < 1.29 is 9.90 Å². The summed E-state index contributed by atoms with van der Waals surface area (Å²) < 4.78 is 0. The highest BCUT2D eigenvalue weighted by Gasteiger charge is 2.15. The van der Waals surface area contributed by atoms with Crippen molar-refractivity contribution in [2.45, 2.75) is 12.5 Å². The Morgan fingerprint density at radius 1 is 1.09 bits per heavy atom. The number of carbonyl (C=O) groups excluding carboxylic acids is 1. The van der Waals surface area contributed by atoms with Gasteiger partial charge in [0.2, 0.25) is 0 Å². The molecule has 0 saturated heterocycles. The van der Waals surface area contributed by atoms with Crippen LogP contribution < -0.4 is 10.6 Å². The van der Waals surface area contributed by atoms with Crippen LogP contribution in [0.15, 0.2) is 48.5 Å². The first-order chi connectivity index (χ1) is 10.6. The number of amides is 2. The van der Waals surface area contributed by atoms with Gasteiger partial charge in [0.15, 0.2) is 0 Å². The Labute approximate surface area is 139 Å². The van der Waals surface area contributed by atoms with Crippen molar-refractivity contribution in [3.8, 4) is 0 Å². The monoisotopic (exact) mass is 338 g/mol. The Hall–Kier alpha value is -1.75. The molecule has 4 nitrogen and oxygen atoms in total. The molecular weight excluding hydrogens is 323 g/mol. The van der Waals surface area contributed by atoms with Gasteiger partial charge >= 0.3 is 6.03 Å². The lowest BCUT2D eigenvalue weighted by atomic mass is 10.0. The van der Waals surface area contributed by atoms with Crippen LogP contribution in [0.3, 0.4) is 0 Å². The fraction of sp³-hybridized carbons (Fsp3) is 0.188. The van der Waals surface area contributed by atoms with E-state index in [0.29, 0.717) is 17.1 Å². The van der Waals surface area contributed by atoms with Gasteiger partial charge in [-0.15, -0.1) is 0 Å². The lowest BCUT2D eigenvalue weighted by Crippen LogP contribution is -2.33. The molecule has 2 amide bonds. The number of nitrogens with one attached hydrogen (secondary N) is 2. The van der Waals surface area contributed by atoms with Gasteiger partial charge in [-0.3, -0.25) is 0 Å². The van der Waals surface area contributed by atoms with Gasteiger partial charge in [0.25, 0.3) is 0 Å². The van der Waals surface area contributed by atoms with Gasteiger partial charge in [-0.1, -0.05) is 59.6 Å². The van der Waals surface area contributed by atoms with Gasteiger partial charge in [-0.25, -0.2) is 4.79 Å². The van der Waals surface area contributed by atoms with Crippen molar-refractivity contribution in [1.29, 1.82) is 0 Å². The average Bonchev–Trinajstić information content (AvgIpc) is 2.52. The number of benzene rings is 2. The number of rotatable bonds is 5. The predicted octanol–water partition coefficient (Wildman–Crippen LogP) is 4.24. The van der Waals surface area contributed by atoms with Gasteiger partial charge in [0.05, 0.1) is 21.8 Å². The number of aliphatic hydroxyl groups excluding tert-OH is 1. The van der Waals surface area contributed by atoms with E-state index in [-0.39, 0.29) is 17.7 Å². The maximum Gasteiger partial charge on any atom is 0.319 e. The molecule has 22 heavy (non-hydrogen) atoms. The van der Waals surface area contributed by atoms with E-state index in [9.17, 15) is 9.90 Å². The summed E-state index contributed by atoms with van der Waals surface area (Å²) in [6.07, 6.45) is 0.417. The summed E-state index contributed by atoms with van der Waals surface area (Å²) in [4.78, 5) is 12.1. The molecule has 0 fully saturated rings. The molecular formula is C16H16Cl2N2O2. The average molecular weight is 339 g/mol. The van der Waals surface area contributed by atoms with E-state index >= 15 is 0 Å². The highest BCUT2D eigenvalue weighted by atomic mass is 35.5. The van der Waals surface area contributed by atoms with Crippen LogP contribution in [0.4, 0.5) is 10.5 Å². The second-order valence-corrected chi connectivity index (χ2v) is 5.46. The molecule has 0 bridgehead atoms. The van der Waals surface area contributed by atoms with E-state index in [1.54, 1.807) is 18.2 Å². The maximum absolute atomic E-state index is 12.1. The quantitative estimate of drug-likeness (QED) is 0.763. The molecule has 0 aromatic heterocycles. The van der Waals surface area contributed by atoms with Gasteiger partial charge in [0.1, 0.15) is 0 Å². The Balaban J connectivity index is 2.07. The molecule has 0 aliphatic carbocycles. The molecule has 0 saturated carbocycles. The number of anilines is 1. The van der Waals surface area contributed by atoms with Crippen molar-refractivity contribution in [3.05, 3.63) is 64.1 Å². The second kappa shape index (κ2) is 8.03. The molecule has 2 rings (SSSR count). The van der Waals surface area contributed by atoms with E-state index in [1.807, 2.05) is 30.3 Å². The molecule has 0 spiro atoms. The van der Waals surface area contributed by atoms with E-state index in [2.05, 4.69) is 10.6 Å². The lowest BCUT2D eigenvalue weighted by Gasteiger charge is -2.19. The van der Waals surface area contributed by atoms with E-state index in [4.69, 9.17) is 23.2 Å². The molecule has 0 aliphatic heterocycles. The topological polar surface area (TPSA) is 61.4 Å². The molecule has 2 aromatic carbocycles. The summed E-state index contributed by atoms with van der Waals surface area (Å²) in [6, 6.07) is 13.8. The fourth-order valence-corrected chi connectivity index (χ4v) is 2.40. The third-order valence-corrected chi connectivity index (χ3v) is 3.94. The van der Waals surface area contributed by atoms with Crippen LogP contribution in [0, 0.1) is 0 Å². The molecule has 0 aliphatic rings. The van der Waals surface area contributed by atoms with E-state index in [1.165, 1.54) is 0 Å². The number of hydrogen-bond donors (Lipinski definition) is 3. The maximum atomic E-state index is 12.1. The first-order valence-electron chi connectivity index (χ1n) is 6.79. The molecule has 0 unspecified atom stereocenters. The minimum Gasteiger partial charge on any atom is -0.396 e. The Morgan fingerprint density at radius 3 is 2.50 bits per heavy atom. The van der Waals surface area contributed by atoms with Crippen molar-refractivity contribution in [2.24, 2.45) is 0 Å². The van der Waals surface area contributed by atoms with E-state index < -0.39 is 6.03 Å². The minimum absolute atomic E-state index is 0.0300. The summed E-state index contributed by atoms with van der Waals surface area (Å²) in [7, 11) is 0. The molecule has 116 valence electrons. The van der Waals surface area contributed by atoms with Crippen LogP contribution in [0.25, 0.3) is 0 Å². The van der Waals surface area contributed by atoms with Gasteiger partial charge < -0.3 is 15.7 Å². The summed E-state index contributed by atoms with van der Waals surface area (Å²) in [5.74, 6) is 0. The number of carbonyl (C=O) groups is 1. The van der Waals surface area contributed by atoms with Crippen molar-refractivity contribution in [1.82, 2.24) is 5.32 Å². The predicted molar refractivity (Wildman–Crippen MR) is 89.5 cm³/mol. The standard InChI is InChI=1S/C16H16Cl2N2O2/c17-12-7-4-8-14(15(12)18)20-16(22)19-13(9-10-21)11-5-2-1-3-6-11/h1-8,13,21H,9-10H2,(H2,19,20,22)/t13-/m1/s1. The molecule has 2 aromatic rings. The molecule has 1 atom stereocenters. The Morgan fingerprint density at radius 2 is 1.82 bits per heavy atom. The van der Waals surface area contributed by atoms with Crippen LogP contribution in [0.5, 0.6) is 0 Å². The smallest absolute Gasteiger partial charge is 0.319 e. The Bertz CT molecular complexity index is 635. The second-order valence-electron chi connectivity index (χ2n) is 4.68. The van der Waals surface area contributed by atoms with Gasteiger partial charge in [-0.05, 0) is 24.1 Å². The first kappa shape index (κ1) is 16.6. The summed E-state index contributed by atoms with van der Waals surface area (Å²) >= 11 is 11.9. The highest BCUT2D eigenvalue weighted by molar-refractivity contribution is 6.43. The Kier molecular flexibility index (Phi) is 6.07. The first-order valence-corrected chi connectivity index (χ1v) is 7.54. The van der Waals surface area contributed by atoms with Crippen LogP contribution in [-0.2, 0) is 0 Å². The van der Waals surface area contributed by atoms with Crippen LogP contribution in [-0.4, -0.2) is 17.7 Å². The third-order valence-electron chi connectivity index (χ3n) is 3.12. The van der Waals surface area contributed by atoms with E-state index in [0.717, 1.165) is 5.56 Å². The van der Waals surface area contributed by atoms with Crippen LogP contribution in [0.1, 0.15) is 18.0 Å². The summed E-state index contributed by atoms with van der Waals surface area (Å²) in [5, 5.41) is 15.3. The number of halogens is 2. The van der Waals surface area contributed by atoms with Crippen molar-refractivity contribution >= 4 is 34.9 Å².